The van der Waals surface area contributed by atoms with Crippen molar-refractivity contribution in [3.8, 4) is 11.5 Å². The highest BCUT2D eigenvalue weighted by atomic mass is 35.5. The molecule has 0 amide bonds. The Morgan fingerprint density at radius 1 is 0.729 bits per heavy atom. The van der Waals surface area contributed by atoms with Crippen LogP contribution >= 0.6 is 24.0 Å². The van der Waals surface area contributed by atoms with Crippen LogP contribution in [0, 0.1) is 0 Å². The van der Waals surface area contributed by atoms with Gasteiger partial charge in [0.25, 0.3) is 0 Å². The molecule has 0 saturated heterocycles. The fraction of sp³-hybridized carbons (Fsp3) is 0.316. The minimum Gasteiger partial charge on any atom is -0.482 e. The SMILES string of the molecule is CCOC(=O)COc1cccc(C(CCN(Cc2ccccc2)C[C@H](O)c2cccc(Cl)c2)c2cccc(OCC(=O)OCC)c2)c1.Cl. The first kappa shape index (κ1) is 38.4. The number of aliphatic hydroxyl groups is 1. The lowest BCUT2D eigenvalue weighted by atomic mass is 9.88. The maximum Gasteiger partial charge on any atom is 0.344 e. The van der Waals surface area contributed by atoms with Crippen molar-refractivity contribution in [2.24, 2.45) is 0 Å². The Morgan fingerprint density at radius 2 is 1.27 bits per heavy atom. The zero-order valence-corrected chi connectivity index (χ0v) is 28.8. The highest BCUT2D eigenvalue weighted by Gasteiger charge is 2.21. The zero-order chi connectivity index (χ0) is 33.4. The molecule has 4 aromatic carbocycles. The van der Waals surface area contributed by atoms with Crippen molar-refractivity contribution in [2.75, 3.05) is 39.5 Å². The average Bonchev–Trinajstić information content (AvgIpc) is 3.07. The van der Waals surface area contributed by atoms with E-state index in [0.29, 0.717) is 42.6 Å². The highest BCUT2D eigenvalue weighted by Crippen LogP contribution is 2.33. The first-order chi connectivity index (χ1) is 22.8. The lowest BCUT2D eigenvalue weighted by Gasteiger charge is -2.28. The molecule has 0 heterocycles. The summed E-state index contributed by atoms with van der Waals surface area (Å²) in [5.74, 6) is 0.112. The minimum atomic E-state index is -0.741. The summed E-state index contributed by atoms with van der Waals surface area (Å²) in [6.07, 6.45) is -0.0623. The van der Waals surface area contributed by atoms with E-state index in [0.717, 1.165) is 22.3 Å². The summed E-state index contributed by atoms with van der Waals surface area (Å²) in [6, 6.07) is 32.8. The molecule has 4 rings (SSSR count). The minimum absolute atomic E-state index is 0. The van der Waals surface area contributed by atoms with Gasteiger partial charge in [0.2, 0.25) is 0 Å². The van der Waals surface area contributed by atoms with Gasteiger partial charge in [-0.25, -0.2) is 9.59 Å². The number of hydrogen-bond acceptors (Lipinski definition) is 8. The molecule has 256 valence electrons. The Labute approximate surface area is 293 Å². The van der Waals surface area contributed by atoms with Gasteiger partial charge in [0.1, 0.15) is 11.5 Å². The molecular formula is C38H43Cl2NO7. The van der Waals surface area contributed by atoms with Crippen molar-refractivity contribution in [1.82, 2.24) is 4.90 Å². The van der Waals surface area contributed by atoms with Crippen LogP contribution in [0.2, 0.25) is 5.02 Å². The van der Waals surface area contributed by atoms with Crippen LogP contribution in [0.4, 0.5) is 0 Å². The maximum atomic E-state index is 12.0. The van der Waals surface area contributed by atoms with Crippen LogP contribution in [-0.2, 0) is 25.6 Å². The van der Waals surface area contributed by atoms with Gasteiger partial charge in [-0.05, 0) is 85.5 Å². The Bertz CT molecular complexity index is 1500. The van der Waals surface area contributed by atoms with Crippen molar-refractivity contribution in [1.29, 1.82) is 0 Å². The van der Waals surface area contributed by atoms with E-state index in [2.05, 4.69) is 17.0 Å². The molecule has 10 heteroatoms. The Balaban J connectivity index is 0.00000625. The van der Waals surface area contributed by atoms with Crippen LogP contribution in [0.3, 0.4) is 0 Å². The van der Waals surface area contributed by atoms with E-state index in [9.17, 15) is 14.7 Å². The summed E-state index contributed by atoms with van der Waals surface area (Å²) in [7, 11) is 0. The molecule has 0 saturated carbocycles. The number of benzene rings is 4. The van der Waals surface area contributed by atoms with Crippen LogP contribution in [0.5, 0.6) is 11.5 Å². The molecule has 4 aromatic rings. The molecule has 1 N–H and O–H groups in total. The molecule has 0 aliphatic heterocycles. The van der Waals surface area contributed by atoms with Gasteiger partial charge in [0, 0.05) is 24.0 Å². The van der Waals surface area contributed by atoms with Gasteiger partial charge in [0.15, 0.2) is 13.2 Å². The number of nitrogens with zero attached hydrogens (tertiary/aromatic N) is 1. The van der Waals surface area contributed by atoms with Crippen LogP contribution in [0.1, 0.15) is 54.5 Å². The first-order valence-corrected chi connectivity index (χ1v) is 16.2. The van der Waals surface area contributed by atoms with Crippen LogP contribution in [-0.4, -0.2) is 61.5 Å². The van der Waals surface area contributed by atoms with E-state index in [1.165, 1.54) is 0 Å². The largest absolute Gasteiger partial charge is 0.482 e. The molecule has 0 aromatic heterocycles. The Kier molecular flexibility index (Phi) is 16.2. The third-order valence-corrected chi connectivity index (χ3v) is 7.73. The molecule has 0 bridgehead atoms. The van der Waals surface area contributed by atoms with Crippen molar-refractivity contribution < 1.29 is 33.6 Å². The second-order valence-corrected chi connectivity index (χ2v) is 11.4. The Hall–Kier alpha value is -4.08. The van der Waals surface area contributed by atoms with Crippen molar-refractivity contribution in [2.45, 2.75) is 38.8 Å². The average molecular weight is 697 g/mol. The lowest BCUT2D eigenvalue weighted by molar-refractivity contribution is -0.146. The van der Waals surface area contributed by atoms with Crippen LogP contribution in [0.15, 0.2) is 103 Å². The maximum absolute atomic E-state index is 12.0. The first-order valence-electron chi connectivity index (χ1n) is 15.8. The fourth-order valence-electron chi connectivity index (χ4n) is 5.31. The summed E-state index contributed by atoms with van der Waals surface area (Å²) in [6.45, 7) is 5.36. The number of carbonyl (C=O) groups excluding carboxylic acids is 2. The molecule has 0 aliphatic rings. The number of ether oxygens (including phenoxy) is 4. The van der Waals surface area contributed by atoms with Gasteiger partial charge in [0.05, 0.1) is 19.3 Å². The monoisotopic (exact) mass is 695 g/mol. The topological polar surface area (TPSA) is 94.5 Å². The summed E-state index contributed by atoms with van der Waals surface area (Å²) >= 11 is 6.23. The standard InChI is InChI=1S/C38H42ClNO7.ClH/c1-3-44-37(42)26-46-33-17-9-13-29(22-33)35(30-14-10-18-34(23-30)47-27-38(43)45-4-2)19-20-40(24-28-11-6-5-7-12-28)25-36(41)31-15-8-16-32(39)21-31;/h5-18,21-23,35-36,41H,3-4,19-20,24-27H2,1-2H3;1H/t36-;/m0./s1. The normalized spacial score (nSPS) is 11.5. The second kappa shape index (κ2) is 20.3. The molecule has 8 nitrogen and oxygen atoms in total. The number of aliphatic hydroxyl groups excluding tert-OH is 1. The van der Waals surface area contributed by atoms with Crippen LogP contribution in [0.25, 0.3) is 0 Å². The lowest BCUT2D eigenvalue weighted by Crippen LogP contribution is -2.30. The van der Waals surface area contributed by atoms with Gasteiger partial charge in [-0.1, -0.05) is 78.3 Å². The quantitative estimate of drug-likeness (QED) is 0.108. The molecule has 1 atom stereocenters. The van der Waals surface area contributed by atoms with Gasteiger partial charge in [-0.3, -0.25) is 4.90 Å². The third kappa shape index (κ3) is 12.5. The molecule has 0 fully saturated rings. The third-order valence-electron chi connectivity index (χ3n) is 7.49. The summed E-state index contributed by atoms with van der Waals surface area (Å²) in [5, 5.41) is 11.8. The van der Waals surface area contributed by atoms with E-state index >= 15 is 0 Å². The molecule has 0 radical (unpaired) electrons. The zero-order valence-electron chi connectivity index (χ0n) is 27.3. The predicted molar refractivity (Wildman–Crippen MR) is 189 cm³/mol. The molecule has 48 heavy (non-hydrogen) atoms. The van der Waals surface area contributed by atoms with Gasteiger partial charge in [-0.2, -0.15) is 0 Å². The molecular weight excluding hydrogens is 653 g/mol. The number of hydrogen-bond donors (Lipinski definition) is 1. The second-order valence-electron chi connectivity index (χ2n) is 11.0. The van der Waals surface area contributed by atoms with E-state index in [1.807, 2.05) is 78.9 Å². The van der Waals surface area contributed by atoms with Crippen molar-refractivity contribution in [3.63, 3.8) is 0 Å². The predicted octanol–water partition coefficient (Wildman–Crippen LogP) is 7.40. The number of halogens is 2. The van der Waals surface area contributed by atoms with Gasteiger partial charge < -0.3 is 24.1 Å². The van der Waals surface area contributed by atoms with E-state index in [-0.39, 0.29) is 44.8 Å². The van der Waals surface area contributed by atoms with E-state index < -0.39 is 18.0 Å². The summed E-state index contributed by atoms with van der Waals surface area (Å²) < 4.78 is 21.6. The summed E-state index contributed by atoms with van der Waals surface area (Å²) in [4.78, 5) is 26.1. The molecule has 0 aliphatic carbocycles. The van der Waals surface area contributed by atoms with E-state index in [1.54, 1.807) is 26.0 Å². The fourth-order valence-corrected chi connectivity index (χ4v) is 5.51. The number of esters is 2. The Morgan fingerprint density at radius 3 is 1.81 bits per heavy atom. The smallest absolute Gasteiger partial charge is 0.344 e. The highest BCUT2D eigenvalue weighted by molar-refractivity contribution is 6.30. The van der Waals surface area contributed by atoms with Gasteiger partial charge >= 0.3 is 11.9 Å². The molecule has 0 unspecified atom stereocenters. The van der Waals surface area contributed by atoms with Crippen molar-refractivity contribution >= 4 is 35.9 Å². The van der Waals surface area contributed by atoms with E-state index in [4.69, 9.17) is 30.5 Å². The van der Waals surface area contributed by atoms with Crippen molar-refractivity contribution in [3.05, 3.63) is 130 Å². The number of carbonyl (C=O) groups is 2. The summed E-state index contributed by atoms with van der Waals surface area (Å²) in [5.41, 5.74) is 3.84. The molecule has 0 spiro atoms. The van der Waals surface area contributed by atoms with Gasteiger partial charge in [-0.15, -0.1) is 12.4 Å². The van der Waals surface area contributed by atoms with Crippen LogP contribution < -0.4 is 9.47 Å². The number of rotatable bonds is 18.